The van der Waals surface area contributed by atoms with Crippen molar-refractivity contribution in [3.63, 3.8) is 0 Å². The van der Waals surface area contributed by atoms with Crippen molar-refractivity contribution in [1.29, 1.82) is 0 Å². The number of rotatable bonds is 6. The van der Waals surface area contributed by atoms with E-state index in [1.54, 1.807) is 25.5 Å². The number of likely N-dealkylation sites (tertiary alicyclic amines) is 1. The highest BCUT2D eigenvalue weighted by molar-refractivity contribution is 5.93. The molecule has 0 aromatic carbocycles. The van der Waals surface area contributed by atoms with Gasteiger partial charge in [0.05, 0.1) is 12.7 Å². The molecule has 148 valence electrons. The molecule has 0 spiro atoms. The van der Waals surface area contributed by atoms with Gasteiger partial charge in [-0.05, 0) is 44.0 Å². The van der Waals surface area contributed by atoms with Crippen LogP contribution in [-0.4, -0.2) is 57.4 Å². The lowest BCUT2D eigenvalue weighted by Crippen LogP contribution is -2.42. The number of hydrogen-bond donors (Lipinski definition) is 2. The normalized spacial score (nSPS) is 15.2. The van der Waals surface area contributed by atoms with Crippen LogP contribution in [-0.2, 0) is 11.8 Å². The van der Waals surface area contributed by atoms with Crippen LogP contribution < -0.4 is 16.2 Å². The van der Waals surface area contributed by atoms with Gasteiger partial charge in [0, 0.05) is 32.2 Å². The number of anilines is 1. The van der Waals surface area contributed by atoms with Crippen molar-refractivity contribution >= 4 is 17.6 Å². The predicted octanol–water partition coefficient (Wildman–Crippen LogP) is 0.256. The van der Waals surface area contributed by atoms with E-state index in [1.807, 2.05) is 0 Å². The molecule has 0 atom stereocenters. The van der Waals surface area contributed by atoms with Crippen LogP contribution in [0, 0.1) is 5.92 Å². The van der Waals surface area contributed by atoms with Gasteiger partial charge in [0.1, 0.15) is 5.56 Å². The van der Waals surface area contributed by atoms with Gasteiger partial charge >= 0.3 is 0 Å². The molecule has 1 saturated heterocycles. The zero-order valence-electron chi connectivity index (χ0n) is 15.8. The second-order valence-electron chi connectivity index (χ2n) is 6.91. The lowest BCUT2D eigenvalue weighted by Gasteiger charge is -2.31. The molecule has 2 aromatic heterocycles. The molecule has 0 unspecified atom stereocenters. The van der Waals surface area contributed by atoms with Crippen LogP contribution in [0.3, 0.4) is 0 Å². The SMILES string of the molecule is Cn1cccc(C(=O)NCC2CCN(CC(=O)Nc3cnccn3)CC2)c1=O. The van der Waals surface area contributed by atoms with Crippen molar-refractivity contribution in [3.8, 4) is 0 Å². The number of carbonyl (C=O) groups is 2. The highest BCUT2D eigenvalue weighted by Crippen LogP contribution is 2.16. The number of aryl methyl sites for hydroxylation is 1. The number of pyridine rings is 1. The zero-order valence-corrected chi connectivity index (χ0v) is 15.8. The highest BCUT2D eigenvalue weighted by Gasteiger charge is 2.22. The fourth-order valence-corrected chi connectivity index (χ4v) is 3.20. The Bertz CT molecular complexity index is 875. The van der Waals surface area contributed by atoms with Gasteiger partial charge in [-0.3, -0.25) is 24.3 Å². The van der Waals surface area contributed by atoms with Crippen LogP contribution in [0.15, 0.2) is 41.7 Å². The van der Waals surface area contributed by atoms with E-state index in [0.717, 1.165) is 25.9 Å². The standard InChI is InChI=1S/C19H24N6O3/c1-24-8-2-3-15(19(24)28)18(27)22-11-14-4-9-25(10-5-14)13-17(26)23-16-12-20-6-7-21-16/h2-3,6-8,12,14H,4-5,9-11,13H2,1H3,(H,22,27)(H,21,23,26). The second kappa shape index (κ2) is 9.23. The molecule has 28 heavy (non-hydrogen) atoms. The Morgan fingerprint density at radius 1 is 1.25 bits per heavy atom. The quantitative estimate of drug-likeness (QED) is 0.739. The zero-order chi connectivity index (χ0) is 19.9. The van der Waals surface area contributed by atoms with E-state index in [4.69, 9.17) is 0 Å². The molecule has 0 bridgehead atoms. The van der Waals surface area contributed by atoms with Crippen LogP contribution in [0.5, 0.6) is 0 Å². The van der Waals surface area contributed by atoms with E-state index in [1.165, 1.54) is 23.0 Å². The Kier molecular flexibility index (Phi) is 6.49. The average Bonchev–Trinajstić information content (AvgIpc) is 2.70. The van der Waals surface area contributed by atoms with Gasteiger partial charge in [0.2, 0.25) is 5.91 Å². The molecule has 1 aliphatic heterocycles. The topological polar surface area (TPSA) is 109 Å². The molecule has 3 rings (SSSR count). The van der Waals surface area contributed by atoms with Crippen molar-refractivity contribution in [2.24, 2.45) is 13.0 Å². The smallest absolute Gasteiger partial charge is 0.263 e. The molecule has 2 amide bonds. The molecule has 0 saturated carbocycles. The molecule has 3 heterocycles. The first kappa shape index (κ1) is 19.7. The summed E-state index contributed by atoms with van der Waals surface area (Å²) in [5.74, 6) is 0.312. The highest BCUT2D eigenvalue weighted by atomic mass is 16.2. The molecule has 9 nitrogen and oxygen atoms in total. The number of nitrogens with zero attached hydrogens (tertiary/aromatic N) is 4. The maximum Gasteiger partial charge on any atom is 0.263 e. The Hall–Kier alpha value is -3.07. The van der Waals surface area contributed by atoms with Gasteiger partial charge in [0.25, 0.3) is 11.5 Å². The van der Waals surface area contributed by atoms with Crippen molar-refractivity contribution in [3.05, 3.63) is 52.8 Å². The molecule has 9 heteroatoms. The van der Waals surface area contributed by atoms with Gasteiger partial charge in [-0.2, -0.15) is 0 Å². The summed E-state index contributed by atoms with van der Waals surface area (Å²) >= 11 is 0. The first-order valence-corrected chi connectivity index (χ1v) is 9.25. The van der Waals surface area contributed by atoms with Gasteiger partial charge in [0.15, 0.2) is 5.82 Å². The summed E-state index contributed by atoms with van der Waals surface area (Å²) in [7, 11) is 1.62. The molecule has 1 aliphatic rings. The minimum absolute atomic E-state index is 0.118. The fourth-order valence-electron chi connectivity index (χ4n) is 3.20. The van der Waals surface area contributed by atoms with E-state index in [0.29, 0.717) is 24.8 Å². The number of carbonyl (C=O) groups excluding carboxylic acids is 2. The van der Waals surface area contributed by atoms with Crippen LogP contribution in [0.4, 0.5) is 5.82 Å². The third-order valence-corrected chi connectivity index (χ3v) is 4.82. The number of amides is 2. The van der Waals surface area contributed by atoms with E-state index in [2.05, 4.69) is 25.5 Å². The lowest BCUT2D eigenvalue weighted by atomic mass is 9.96. The fraction of sp³-hybridized carbons (Fsp3) is 0.421. The monoisotopic (exact) mass is 384 g/mol. The first-order valence-electron chi connectivity index (χ1n) is 9.25. The van der Waals surface area contributed by atoms with Crippen molar-refractivity contribution in [2.75, 3.05) is 31.5 Å². The molecular weight excluding hydrogens is 360 g/mol. The van der Waals surface area contributed by atoms with Crippen LogP contribution in [0.2, 0.25) is 0 Å². The summed E-state index contributed by atoms with van der Waals surface area (Å²) in [6.07, 6.45) is 7.97. The molecule has 0 radical (unpaired) electrons. The van der Waals surface area contributed by atoms with E-state index in [9.17, 15) is 14.4 Å². The van der Waals surface area contributed by atoms with Gasteiger partial charge in [-0.1, -0.05) is 0 Å². The first-order chi connectivity index (χ1) is 13.5. The summed E-state index contributed by atoms with van der Waals surface area (Å²) in [6.45, 7) is 2.38. The van der Waals surface area contributed by atoms with Crippen molar-refractivity contribution in [2.45, 2.75) is 12.8 Å². The van der Waals surface area contributed by atoms with E-state index in [-0.39, 0.29) is 22.9 Å². The van der Waals surface area contributed by atoms with Gasteiger partial charge < -0.3 is 15.2 Å². The summed E-state index contributed by atoms with van der Waals surface area (Å²) in [6, 6.07) is 3.22. The summed E-state index contributed by atoms with van der Waals surface area (Å²) in [5.41, 5.74) is -0.146. The molecule has 0 aliphatic carbocycles. The van der Waals surface area contributed by atoms with Crippen molar-refractivity contribution < 1.29 is 9.59 Å². The lowest BCUT2D eigenvalue weighted by molar-refractivity contribution is -0.117. The Balaban J connectivity index is 1.40. The third-order valence-electron chi connectivity index (χ3n) is 4.82. The minimum Gasteiger partial charge on any atom is -0.352 e. The van der Waals surface area contributed by atoms with Gasteiger partial charge in [-0.25, -0.2) is 4.98 Å². The number of hydrogen-bond acceptors (Lipinski definition) is 6. The molecular formula is C19H24N6O3. The summed E-state index contributed by atoms with van der Waals surface area (Å²) < 4.78 is 1.39. The average molecular weight is 384 g/mol. The van der Waals surface area contributed by atoms with Crippen LogP contribution >= 0.6 is 0 Å². The Morgan fingerprint density at radius 3 is 2.75 bits per heavy atom. The Morgan fingerprint density at radius 2 is 2.04 bits per heavy atom. The van der Waals surface area contributed by atoms with Crippen LogP contribution in [0.25, 0.3) is 0 Å². The van der Waals surface area contributed by atoms with E-state index >= 15 is 0 Å². The second-order valence-corrected chi connectivity index (χ2v) is 6.91. The molecule has 2 aromatic rings. The van der Waals surface area contributed by atoms with E-state index < -0.39 is 0 Å². The number of piperidine rings is 1. The summed E-state index contributed by atoms with van der Waals surface area (Å²) in [5, 5.41) is 5.59. The maximum absolute atomic E-state index is 12.2. The van der Waals surface area contributed by atoms with Gasteiger partial charge in [-0.15, -0.1) is 0 Å². The molecule has 2 N–H and O–H groups in total. The number of aromatic nitrogens is 3. The number of nitrogens with one attached hydrogen (secondary N) is 2. The Labute approximate surface area is 162 Å². The third kappa shape index (κ3) is 5.23. The predicted molar refractivity (Wildman–Crippen MR) is 104 cm³/mol. The van der Waals surface area contributed by atoms with Crippen LogP contribution in [0.1, 0.15) is 23.2 Å². The minimum atomic E-state index is -0.341. The maximum atomic E-state index is 12.2. The van der Waals surface area contributed by atoms with Crippen molar-refractivity contribution in [1.82, 2.24) is 24.8 Å². The largest absolute Gasteiger partial charge is 0.352 e. The summed E-state index contributed by atoms with van der Waals surface area (Å²) in [4.78, 5) is 46.3. The molecule has 1 fully saturated rings.